The van der Waals surface area contributed by atoms with Gasteiger partial charge in [0.15, 0.2) is 0 Å². The summed E-state index contributed by atoms with van der Waals surface area (Å²) in [6.45, 7) is 1.68. The SMILES string of the molecule is CN1CCCC(C(N)=O)(c2nc3ccccc3s2)C1. The van der Waals surface area contributed by atoms with Crippen molar-refractivity contribution in [3.63, 3.8) is 0 Å². The fourth-order valence-electron chi connectivity index (χ4n) is 2.83. The molecule has 0 radical (unpaired) electrons. The van der Waals surface area contributed by atoms with Gasteiger partial charge in [0, 0.05) is 6.54 Å². The van der Waals surface area contributed by atoms with Crippen molar-refractivity contribution in [2.75, 3.05) is 20.1 Å². The topological polar surface area (TPSA) is 59.2 Å². The molecule has 1 saturated heterocycles. The van der Waals surface area contributed by atoms with Crippen LogP contribution >= 0.6 is 11.3 Å². The molecule has 4 nitrogen and oxygen atoms in total. The highest BCUT2D eigenvalue weighted by Crippen LogP contribution is 2.37. The number of para-hydroxylation sites is 1. The molecule has 0 saturated carbocycles. The summed E-state index contributed by atoms with van der Waals surface area (Å²) in [5.74, 6) is -0.252. The van der Waals surface area contributed by atoms with Crippen LogP contribution in [-0.2, 0) is 10.2 Å². The number of carbonyl (C=O) groups is 1. The van der Waals surface area contributed by atoms with Gasteiger partial charge in [0.05, 0.1) is 10.2 Å². The van der Waals surface area contributed by atoms with E-state index in [-0.39, 0.29) is 5.91 Å². The minimum atomic E-state index is -0.614. The van der Waals surface area contributed by atoms with E-state index in [9.17, 15) is 4.79 Å². The summed E-state index contributed by atoms with van der Waals surface area (Å²) in [5, 5.41) is 0.868. The van der Waals surface area contributed by atoms with Crippen LogP contribution in [0.4, 0.5) is 0 Å². The van der Waals surface area contributed by atoms with E-state index >= 15 is 0 Å². The summed E-state index contributed by atoms with van der Waals surface area (Å²) >= 11 is 1.59. The average molecular weight is 275 g/mol. The summed E-state index contributed by atoms with van der Waals surface area (Å²) in [6, 6.07) is 7.98. The summed E-state index contributed by atoms with van der Waals surface area (Å²) in [5.41, 5.74) is 6.06. The fraction of sp³-hybridized carbons (Fsp3) is 0.429. The number of fused-ring (bicyclic) bond motifs is 1. The number of nitrogens with zero attached hydrogens (tertiary/aromatic N) is 2. The Bertz CT molecular complexity index is 591. The molecule has 5 heteroatoms. The van der Waals surface area contributed by atoms with Crippen LogP contribution in [0.1, 0.15) is 17.8 Å². The molecular formula is C14H17N3OS. The Labute approximate surface area is 116 Å². The third-order valence-corrected chi connectivity index (χ3v) is 5.10. The van der Waals surface area contributed by atoms with Gasteiger partial charge in [-0.05, 0) is 38.6 Å². The van der Waals surface area contributed by atoms with Crippen LogP contribution in [0.2, 0.25) is 0 Å². The maximum Gasteiger partial charge on any atom is 0.231 e. The Morgan fingerprint density at radius 3 is 2.95 bits per heavy atom. The number of rotatable bonds is 2. The van der Waals surface area contributed by atoms with Crippen LogP contribution in [0.3, 0.4) is 0 Å². The Hall–Kier alpha value is -1.46. The van der Waals surface area contributed by atoms with Gasteiger partial charge in [0.1, 0.15) is 10.4 Å². The number of primary amides is 1. The number of piperidine rings is 1. The van der Waals surface area contributed by atoms with Crippen LogP contribution in [0, 0.1) is 0 Å². The van der Waals surface area contributed by atoms with Gasteiger partial charge in [0.2, 0.25) is 5.91 Å². The summed E-state index contributed by atoms with van der Waals surface area (Å²) in [4.78, 5) is 18.9. The second-order valence-electron chi connectivity index (χ2n) is 5.27. The number of aromatic nitrogens is 1. The normalized spacial score (nSPS) is 24.7. The number of benzene rings is 1. The lowest BCUT2D eigenvalue weighted by atomic mass is 9.80. The van der Waals surface area contributed by atoms with Crippen molar-refractivity contribution in [1.82, 2.24) is 9.88 Å². The van der Waals surface area contributed by atoms with Crippen molar-refractivity contribution in [1.29, 1.82) is 0 Å². The van der Waals surface area contributed by atoms with Crippen LogP contribution in [0.25, 0.3) is 10.2 Å². The van der Waals surface area contributed by atoms with Crippen molar-refractivity contribution < 1.29 is 4.79 Å². The van der Waals surface area contributed by atoms with E-state index in [4.69, 9.17) is 5.73 Å². The second-order valence-corrected chi connectivity index (χ2v) is 6.31. The highest BCUT2D eigenvalue weighted by atomic mass is 32.1. The summed E-state index contributed by atoms with van der Waals surface area (Å²) in [6.07, 6.45) is 1.78. The summed E-state index contributed by atoms with van der Waals surface area (Å²) in [7, 11) is 2.03. The highest BCUT2D eigenvalue weighted by molar-refractivity contribution is 7.18. The van der Waals surface area contributed by atoms with Crippen molar-refractivity contribution in [2.45, 2.75) is 18.3 Å². The van der Waals surface area contributed by atoms with Gasteiger partial charge in [-0.25, -0.2) is 4.98 Å². The Morgan fingerprint density at radius 1 is 1.47 bits per heavy atom. The van der Waals surface area contributed by atoms with E-state index < -0.39 is 5.41 Å². The standard InChI is InChI=1S/C14H17N3OS/c1-17-8-4-7-14(9-17,12(15)18)13-16-10-5-2-3-6-11(10)19-13/h2-3,5-6H,4,7-9H2,1H3,(H2,15,18). The molecule has 1 fully saturated rings. The lowest BCUT2D eigenvalue weighted by Gasteiger charge is -2.37. The smallest absolute Gasteiger partial charge is 0.231 e. The average Bonchev–Trinajstić information content (AvgIpc) is 2.82. The first-order chi connectivity index (χ1) is 9.12. The molecule has 100 valence electrons. The number of likely N-dealkylation sites (tertiary alicyclic amines) is 1. The maximum absolute atomic E-state index is 12.1. The predicted octanol–water partition coefficient (Wildman–Crippen LogP) is 1.74. The van der Waals surface area contributed by atoms with Crippen molar-refractivity contribution in [2.24, 2.45) is 5.73 Å². The van der Waals surface area contributed by atoms with E-state index in [1.165, 1.54) is 0 Å². The third-order valence-electron chi connectivity index (χ3n) is 3.86. The van der Waals surface area contributed by atoms with E-state index in [1.807, 2.05) is 31.3 Å². The predicted molar refractivity (Wildman–Crippen MR) is 77.2 cm³/mol. The van der Waals surface area contributed by atoms with E-state index in [2.05, 4.69) is 9.88 Å². The van der Waals surface area contributed by atoms with Gasteiger partial charge in [-0.2, -0.15) is 0 Å². The van der Waals surface area contributed by atoms with Crippen molar-refractivity contribution >= 4 is 27.5 Å². The number of hydrogen-bond acceptors (Lipinski definition) is 4. The minimum Gasteiger partial charge on any atom is -0.369 e. The van der Waals surface area contributed by atoms with Crippen LogP contribution in [-0.4, -0.2) is 35.9 Å². The van der Waals surface area contributed by atoms with Crippen LogP contribution < -0.4 is 5.73 Å². The van der Waals surface area contributed by atoms with Crippen molar-refractivity contribution in [3.8, 4) is 0 Å². The lowest BCUT2D eigenvalue weighted by molar-refractivity contribution is -0.125. The summed E-state index contributed by atoms with van der Waals surface area (Å²) < 4.78 is 1.12. The zero-order valence-electron chi connectivity index (χ0n) is 10.9. The van der Waals surface area contributed by atoms with Gasteiger partial charge in [-0.1, -0.05) is 12.1 Å². The molecule has 1 unspecified atom stereocenters. The minimum absolute atomic E-state index is 0.252. The number of carbonyl (C=O) groups excluding carboxylic acids is 1. The van der Waals surface area contributed by atoms with Gasteiger partial charge in [0.25, 0.3) is 0 Å². The Morgan fingerprint density at radius 2 is 2.26 bits per heavy atom. The number of likely N-dealkylation sites (N-methyl/N-ethyl adjacent to an activating group) is 1. The van der Waals surface area contributed by atoms with E-state index in [0.29, 0.717) is 6.54 Å². The molecule has 2 aromatic rings. The fourth-order valence-corrected chi connectivity index (χ4v) is 4.01. The van der Waals surface area contributed by atoms with Crippen LogP contribution in [0.5, 0.6) is 0 Å². The first kappa shape index (κ1) is 12.6. The second kappa shape index (κ2) is 4.58. The van der Waals surface area contributed by atoms with Gasteiger partial charge >= 0.3 is 0 Å². The molecule has 0 aliphatic carbocycles. The molecule has 1 aliphatic rings. The molecule has 1 aromatic carbocycles. The quantitative estimate of drug-likeness (QED) is 0.908. The van der Waals surface area contributed by atoms with E-state index in [1.54, 1.807) is 11.3 Å². The maximum atomic E-state index is 12.1. The molecule has 2 heterocycles. The molecule has 1 aliphatic heterocycles. The molecular weight excluding hydrogens is 258 g/mol. The van der Waals surface area contributed by atoms with Gasteiger partial charge in [-0.15, -0.1) is 11.3 Å². The number of thiazole rings is 1. The largest absolute Gasteiger partial charge is 0.369 e. The zero-order chi connectivity index (χ0) is 13.5. The first-order valence-electron chi connectivity index (χ1n) is 6.46. The molecule has 0 spiro atoms. The molecule has 0 bridgehead atoms. The molecule has 3 rings (SSSR count). The Kier molecular flexibility index (Phi) is 3.03. The van der Waals surface area contributed by atoms with Crippen molar-refractivity contribution in [3.05, 3.63) is 29.3 Å². The number of nitrogens with two attached hydrogens (primary N) is 1. The lowest BCUT2D eigenvalue weighted by Crippen LogP contribution is -2.52. The first-order valence-corrected chi connectivity index (χ1v) is 7.28. The third kappa shape index (κ3) is 2.03. The molecule has 19 heavy (non-hydrogen) atoms. The monoisotopic (exact) mass is 275 g/mol. The molecule has 1 amide bonds. The molecule has 2 N–H and O–H groups in total. The molecule has 1 atom stereocenters. The Balaban J connectivity index is 2.11. The number of hydrogen-bond donors (Lipinski definition) is 1. The van der Waals surface area contributed by atoms with Gasteiger partial charge in [-0.3, -0.25) is 4.79 Å². The van der Waals surface area contributed by atoms with Gasteiger partial charge < -0.3 is 10.6 Å². The molecule has 1 aromatic heterocycles. The highest BCUT2D eigenvalue weighted by Gasteiger charge is 2.44. The zero-order valence-corrected chi connectivity index (χ0v) is 11.7. The van der Waals surface area contributed by atoms with E-state index in [0.717, 1.165) is 34.6 Å². The van der Waals surface area contributed by atoms with Crippen LogP contribution in [0.15, 0.2) is 24.3 Å². The number of amides is 1.